The molecule has 1 atom stereocenters. The number of amides is 1. The van der Waals surface area contributed by atoms with Crippen molar-refractivity contribution < 1.29 is 14.0 Å². The fraction of sp³-hybridized carbons (Fsp3) is 0.143. The first kappa shape index (κ1) is 13.4. The van der Waals surface area contributed by atoms with E-state index in [4.69, 9.17) is 16.0 Å². The highest BCUT2D eigenvalue weighted by Gasteiger charge is 2.21. The Hall–Kier alpha value is -2.07. The molecule has 0 fully saturated rings. The Labute approximate surface area is 115 Å². The van der Waals surface area contributed by atoms with Gasteiger partial charge in [-0.15, -0.1) is 0 Å². The lowest BCUT2D eigenvalue weighted by atomic mass is 10.1. The predicted octanol–water partition coefficient (Wildman–Crippen LogP) is 2.39. The monoisotopic (exact) mass is 277 g/mol. The van der Waals surface area contributed by atoms with Gasteiger partial charge in [-0.3, -0.25) is 9.59 Å². The predicted molar refractivity (Wildman–Crippen MR) is 71.0 cm³/mol. The van der Waals surface area contributed by atoms with Crippen LogP contribution in [0.1, 0.15) is 16.1 Å². The van der Waals surface area contributed by atoms with Crippen molar-refractivity contribution in [2.45, 2.75) is 12.5 Å². The number of nitrogens with one attached hydrogen (secondary N) is 1. The minimum absolute atomic E-state index is 0.149. The van der Waals surface area contributed by atoms with Gasteiger partial charge >= 0.3 is 0 Å². The van der Waals surface area contributed by atoms with E-state index in [1.54, 1.807) is 6.07 Å². The Kier molecular flexibility index (Phi) is 4.36. The van der Waals surface area contributed by atoms with Crippen molar-refractivity contribution in [1.29, 1.82) is 0 Å². The molecular formula is C14H12ClNO3. The average Bonchev–Trinajstić information content (AvgIpc) is 2.93. The maximum Gasteiger partial charge on any atom is 0.287 e. The summed E-state index contributed by atoms with van der Waals surface area (Å²) in [6, 6.07) is 11.7. The zero-order valence-electron chi connectivity index (χ0n) is 10.0. The van der Waals surface area contributed by atoms with Crippen LogP contribution in [0.25, 0.3) is 0 Å². The average molecular weight is 278 g/mol. The van der Waals surface area contributed by atoms with E-state index >= 15 is 0 Å². The standard InChI is InChI=1S/C14H12ClNO3/c15-13(17)11(9-10-5-2-1-3-6-10)16-14(18)12-7-4-8-19-12/h1-8,11H,9H2,(H,16,18). The summed E-state index contributed by atoms with van der Waals surface area (Å²) in [6.45, 7) is 0. The largest absolute Gasteiger partial charge is 0.459 e. The molecular weight excluding hydrogens is 266 g/mol. The number of carbonyl (C=O) groups excluding carboxylic acids is 2. The number of rotatable bonds is 5. The van der Waals surface area contributed by atoms with Crippen LogP contribution in [0.3, 0.4) is 0 Å². The van der Waals surface area contributed by atoms with Crippen molar-refractivity contribution in [2.24, 2.45) is 0 Å². The molecule has 0 saturated carbocycles. The third kappa shape index (κ3) is 3.69. The molecule has 19 heavy (non-hydrogen) atoms. The van der Waals surface area contributed by atoms with Gasteiger partial charge in [-0.25, -0.2) is 0 Å². The van der Waals surface area contributed by atoms with E-state index in [0.717, 1.165) is 5.56 Å². The second kappa shape index (κ2) is 6.20. The Morgan fingerprint density at radius 2 is 1.89 bits per heavy atom. The summed E-state index contributed by atoms with van der Waals surface area (Å²) in [5.74, 6) is -0.309. The first-order valence-corrected chi connectivity index (χ1v) is 6.12. The number of benzene rings is 1. The summed E-state index contributed by atoms with van der Waals surface area (Å²) in [7, 11) is 0. The molecule has 1 heterocycles. The smallest absolute Gasteiger partial charge is 0.287 e. The van der Waals surface area contributed by atoms with Crippen LogP contribution in [0.15, 0.2) is 53.1 Å². The van der Waals surface area contributed by atoms with E-state index in [1.165, 1.54) is 12.3 Å². The number of hydrogen-bond acceptors (Lipinski definition) is 3. The Morgan fingerprint density at radius 3 is 2.47 bits per heavy atom. The van der Waals surface area contributed by atoms with Gasteiger partial charge in [0, 0.05) is 6.42 Å². The maximum absolute atomic E-state index is 11.8. The topological polar surface area (TPSA) is 59.3 Å². The third-order valence-electron chi connectivity index (χ3n) is 2.61. The highest BCUT2D eigenvalue weighted by atomic mass is 35.5. The van der Waals surface area contributed by atoms with Crippen molar-refractivity contribution in [1.82, 2.24) is 5.32 Å². The quantitative estimate of drug-likeness (QED) is 0.854. The van der Waals surface area contributed by atoms with Crippen LogP contribution in [-0.2, 0) is 11.2 Å². The maximum atomic E-state index is 11.8. The molecule has 0 aliphatic rings. The third-order valence-corrected chi connectivity index (χ3v) is 2.87. The second-order valence-corrected chi connectivity index (χ2v) is 4.37. The molecule has 1 aromatic heterocycles. The minimum atomic E-state index is -0.776. The summed E-state index contributed by atoms with van der Waals surface area (Å²) in [5.41, 5.74) is 0.918. The lowest BCUT2D eigenvalue weighted by molar-refractivity contribution is -0.113. The van der Waals surface area contributed by atoms with Gasteiger partial charge < -0.3 is 9.73 Å². The molecule has 5 heteroatoms. The minimum Gasteiger partial charge on any atom is -0.459 e. The van der Waals surface area contributed by atoms with Crippen LogP contribution in [0.2, 0.25) is 0 Å². The highest BCUT2D eigenvalue weighted by molar-refractivity contribution is 6.64. The number of furan rings is 1. The van der Waals surface area contributed by atoms with E-state index in [1.807, 2.05) is 30.3 Å². The van der Waals surface area contributed by atoms with Gasteiger partial charge in [-0.2, -0.15) is 0 Å². The van der Waals surface area contributed by atoms with Gasteiger partial charge in [-0.05, 0) is 29.3 Å². The Bertz CT molecular complexity index is 551. The lowest BCUT2D eigenvalue weighted by Gasteiger charge is -2.13. The zero-order valence-corrected chi connectivity index (χ0v) is 10.8. The van der Waals surface area contributed by atoms with E-state index in [-0.39, 0.29) is 5.76 Å². The van der Waals surface area contributed by atoms with E-state index < -0.39 is 17.2 Å². The van der Waals surface area contributed by atoms with Crippen LogP contribution in [0, 0.1) is 0 Å². The first-order chi connectivity index (χ1) is 9.16. The van der Waals surface area contributed by atoms with Crippen LogP contribution in [-0.4, -0.2) is 17.2 Å². The van der Waals surface area contributed by atoms with Crippen molar-refractivity contribution in [3.8, 4) is 0 Å². The van der Waals surface area contributed by atoms with Crippen LogP contribution in [0.5, 0.6) is 0 Å². The Balaban J connectivity index is 2.05. The summed E-state index contributed by atoms with van der Waals surface area (Å²) in [5, 5.41) is 1.95. The molecule has 0 aliphatic carbocycles. The van der Waals surface area contributed by atoms with E-state index in [0.29, 0.717) is 6.42 Å². The molecule has 4 nitrogen and oxygen atoms in total. The van der Waals surface area contributed by atoms with Gasteiger partial charge in [0.2, 0.25) is 5.24 Å². The van der Waals surface area contributed by atoms with E-state index in [9.17, 15) is 9.59 Å². The molecule has 0 radical (unpaired) electrons. The van der Waals surface area contributed by atoms with Crippen LogP contribution in [0.4, 0.5) is 0 Å². The van der Waals surface area contributed by atoms with Gasteiger partial charge in [0.1, 0.15) is 6.04 Å². The van der Waals surface area contributed by atoms with Crippen molar-refractivity contribution in [2.75, 3.05) is 0 Å². The lowest BCUT2D eigenvalue weighted by Crippen LogP contribution is -2.40. The Morgan fingerprint density at radius 1 is 1.16 bits per heavy atom. The molecule has 0 bridgehead atoms. The van der Waals surface area contributed by atoms with Crippen molar-refractivity contribution in [3.05, 3.63) is 60.1 Å². The zero-order chi connectivity index (χ0) is 13.7. The normalized spacial score (nSPS) is 11.8. The summed E-state index contributed by atoms with van der Waals surface area (Å²) in [6.07, 6.45) is 1.74. The summed E-state index contributed by atoms with van der Waals surface area (Å²) < 4.78 is 4.96. The number of hydrogen-bond donors (Lipinski definition) is 1. The van der Waals surface area contributed by atoms with Crippen molar-refractivity contribution in [3.63, 3.8) is 0 Å². The fourth-order valence-corrected chi connectivity index (χ4v) is 1.81. The molecule has 1 amide bonds. The molecule has 0 saturated heterocycles. The van der Waals surface area contributed by atoms with E-state index in [2.05, 4.69) is 5.32 Å². The summed E-state index contributed by atoms with van der Waals surface area (Å²) in [4.78, 5) is 23.2. The molecule has 1 aromatic carbocycles. The molecule has 0 spiro atoms. The highest BCUT2D eigenvalue weighted by Crippen LogP contribution is 2.07. The number of halogens is 1. The van der Waals surface area contributed by atoms with Gasteiger partial charge in [0.25, 0.3) is 5.91 Å². The SMILES string of the molecule is O=C(NC(Cc1ccccc1)C(=O)Cl)c1ccco1. The number of carbonyl (C=O) groups is 2. The first-order valence-electron chi connectivity index (χ1n) is 5.74. The molecule has 2 rings (SSSR count). The van der Waals surface area contributed by atoms with Crippen LogP contribution >= 0.6 is 11.6 Å². The van der Waals surface area contributed by atoms with Crippen LogP contribution < -0.4 is 5.32 Å². The summed E-state index contributed by atoms with van der Waals surface area (Å²) >= 11 is 5.51. The second-order valence-electron chi connectivity index (χ2n) is 4.00. The fourth-order valence-electron chi connectivity index (χ4n) is 1.67. The molecule has 1 unspecified atom stereocenters. The van der Waals surface area contributed by atoms with Crippen molar-refractivity contribution >= 4 is 22.8 Å². The molecule has 98 valence electrons. The molecule has 0 aliphatic heterocycles. The van der Waals surface area contributed by atoms with Gasteiger partial charge in [0.15, 0.2) is 5.76 Å². The van der Waals surface area contributed by atoms with Gasteiger partial charge in [0.05, 0.1) is 6.26 Å². The van der Waals surface area contributed by atoms with Gasteiger partial charge in [-0.1, -0.05) is 30.3 Å². The molecule has 1 N–H and O–H groups in total. The molecule has 2 aromatic rings.